The molecule has 0 saturated carbocycles. The van der Waals surface area contributed by atoms with E-state index in [-0.39, 0.29) is 23.9 Å². The van der Waals surface area contributed by atoms with E-state index in [9.17, 15) is 9.59 Å². The van der Waals surface area contributed by atoms with Crippen LogP contribution in [0.3, 0.4) is 0 Å². The predicted octanol–water partition coefficient (Wildman–Crippen LogP) is 6.40. The zero-order chi connectivity index (χ0) is 27.6. The van der Waals surface area contributed by atoms with Gasteiger partial charge in [0.1, 0.15) is 0 Å². The molecule has 6 nitrogen and oxygen atoms in total. The summed E-state index contributed by atoms with van der Waals surface area (Å²) in [7, 11) is 0. The minimum Gasteiger partial charge on any atom is -0.350 e. The summed E-state index contributed by atoms with van der Waals surface area (Å²) in [5, 5.41) is 7.35. The number of rotatable bonds is 9. The minimum atomic E-state index is -0.205. The van der Waals surface area contributed by atoms with E-state index in [1.807, 2.05) is 18.7 Å². The number of nitrogens with zero attached hydrogens (tertiary/aromatic N) is 2. The SMILES string of the molecule is CC.CCC.CCCCN1CCC(CNC(=O)c2ccc(Cl)c(Cl)c2)NC(CCN2CCCCC2)C1=O. The Hall–Kier alpha value is -1.34. The maximum atomic E-state index is 13.2. The first-order valence-corrected chi connectivity index (χ1v) is 15.2. The Balaban J connectivity index is 0.00000127. The van der Waals surface area contributed by atoms with E-state index in [0.29, 0.717) is 22.2 Å². The Morgan fingerprint density at radius 1 is 1.03 bits per heavy atom. The predicted molar refractivity (Wildman–Crippen MR) is 158 cm³/mol. The average molecular weight is 558 g/mol. The minimum absolute atomic E-state index is 0.0451. The largest absolute Gasteiger partial charge is 0.350 e. The number of hydrogen-bond donors (Lipinski definition) is 2. The molecule has 3 rings (SSSR count). The van der Waals surface area contributed by atoms with Crippen LogP contribution in [0.15, 0.2) is 18.2 Å². The fraction of sp³-hybridized carbons (Fsp3) is 0.724. The summed E-state index contributed by atoms with van der Waals surface area (Å²) >= 11 is 12.0. The summed E-state index contributed by atoms with van der Waals surface area (Å²) in [6.45, 7) is 15.6. The van der Waals surface area contributed by atoms with Crippen LogP contribution in [0, 0.1) is 0 Å². The maximum Gasteiger partial charge on any atom is 0.251 e. The van der Waals surface area contributed by atoms with Gasteiger partial charge in [-0.3, -0.25) is 9.59 Å². The van der Waals surface area contributed by atoms with Crippen LogP contribution in [0.25, 0.3) is 0 Å². The lowest BCUT2D eigenvalue weighted by atomic mass is 10.1. The maximum absolute atomic E-state index is 13.2. The number of benzene rings is 1. The first-order chi connectivity index (χ1) is 17.9. The van der Waals surface area contributed by atoms with Crippen LogP contribution >= 0.6 is 23.2 Å². The van der Waals surface area contributed by atoms with Crippen LogP contribution in [0.4, 0.5) is 0 Å². The van der Waals surface area contributed by atoms with E-state index in [1.54, 1.807) is 18.2 Å². The van der Waals surface area contributed by atoms with Crippen LogP contribution in [0.2, 0.25) is 10.0 Å². The molecule has 2 aliphatic rings. The zero-order valence-corrected chi connectivity index (χ0v) is 25.3. The summed E-state index contributed by atoms with van der Waals surface area (Å²) < 4.78 is 0. The first kappa shape index (κ1) is 33.7. The molecular formula is C29H50Cl2N4O2. The quantitative estimate of drug-likeness (QED) is 0.369. The lowest BCUT2D eigenvalue weighted by Crippen LogP contribution is -2.50. The van der Waals surface area contributed by atoms with Gasteiger partial charge in [0, 0.05) is 37.8 Å². The van der Waals surface area contributed by atoms with Crippen LogP contribution in [0.1, 0.15) is 96.3 Å². The van der Waals surface area contributed by atoms with E-state index in [1.165, 1.54) is 25.7 Å². The van der Waals surface area contributed by atoms with Crippen LogP contribution in [0.5, 0.6) is 0 Å². The number of amides is 2. The van der Waals surface area contributed by atoms with Gasteiger partial charge in [-0.15, -0.1) is 0 Å². The molecule has 0 aliphatic carbocycles. The van der Waals surface area contributed by atoms with Gasteiger partial charge >= 0.3 is 0 Å². The molecule has 2 saturated heterocycles. The molecule has 0 radical (unpaired) electrons. The third-order valence-electron chi connectivity index (χ3n) is 6.45. The molecule has 8 heteroatoms. The normalized spacial score (nSPS) is 20.2. The van der Waals surface area contributed by atoms with Crippen LogP contribution < -0.4 is 10.6 Å². The monoisotopic (exact) mass is 556 g/mol. The summed E-state index contributed by atoms with van der Waals surface area (Å²) in [5.41, 5.74) is 0.482. The van der Waals surface area contributed by atoms with Gasteiger partial charge in [-0.2, -0.15) is 0 Å². The molecule has 2 heterocycles. The van der Waals surface area contributed by atoms with Crippen LogP contribution in [-0.2, 0) is 4.79 Å². The second-order valence-electron chi connectivity index (χ2n) is 9.62. The molecule has 37 heavy (non-hydrogen) atoms. The van der Waals surface area contributed by atoms with Gasteiger partial charge in [-0.25, -0.2) is 0 Å². The molecule has 1 aromatic carbocycles. The number of nitrogens with one attached hydrogen (secondary N) is 2. The van der Waals surface area contributed by atoms with Gasteiger partial charge in [-0.1, -0.05) is 77.1 Å². The zero-order valence-electron chi connectivity index (χ0n) is 23.8. The van der Waals surface area contributed by atoms with Gasteiger partial charge in [0.05, 0.1) is 16.1 Å². The molecule has 0 aromatic heterocycles. The van der Waals surface area contributed by atoms with E-state index >= 15 is 0 Å². The van der Waals surface area contributed by atoms with Gasteiger partial charge in [-0.05, 0) is 63.4 Å². The molecule has 2 fully saturated rings. The molecule has 0 spiro atoms. The topological polar surface area (TPSA) is 64.7 Å². The lowest BCUT2D eigenvalue weighted by molar-refractivity contribution is -0.133. The Bertz CT molecular complexity index is 787. The van der Waals surface area contributed by atoms with Crippen molar-refractivity contribution < 1.29 is 9.59 Å². The van der Waals surface area contributed by atoms with Crippen molar-refractivity contribution in [2.75, 3.05) is 39.3 Å². The van der Waals surface area contributed by atoms with Gasteiger partial charge in [0.2, 0.25) is 5.91 Å². The second-order valence-corrected chi connectivity index (χ2v) is 10.4. The Labute approximate surface area is 235 Å². The first-order valence-electron chi connectivity index (χ1n) is 14.4. The molecule has 0 bridgehead atoms. The average Bonchev–Trinajstić information content (AvgIpc) is 3.06. The molecule has 2 aliphatic heterocycles. The van der Waals surface area contributed by atoms with E-state index in [2.05, 4.69) is 36.3 Å². The molecule has 2 unspecified atom stereocenters. The van der Waals surface area contributed by atoms with Crippen molar-refractivity contribution in [3.05, 3.63) is 33.8 Å². The lowest BCUT2D eigenvalue weighted by Gasteiger charge is -2.30. The Kier molecular flexibility index (Phi) is 17.9. The van der Waals surface area contributed by atoms with Crippen molar-refractivity contribution in [1.29, 1.82) is 0 Å². The third-order valence-corrected chi connectivity index (χ3v) is 7.19. The molecule has 2 N–H and O–H groups in total. The van der Waals surface area contributed by atoms with Crippen molar-refractivity contribution >= 4 is 35.0 Å². The van der Waals surface area contributed by atoms with Crippen molar-refractivity contribution in [2.24, 2.45) is 0 Å². The number of carbonyl (C=O) groups is 2. The molecule has 1 aromatic rings. The second kappa shape index (κ2) is 19.7. The highest BCUT2D eigenvalue weighted by Gasteiger charge is 2.31. The number of likely N-dealkylation sites (tertiary alicyclic amines) is 1. The number of piperidine rings is 1. The van der Waals surface area contributed by atoms with Crippen molar-refractivity contribution in [1.82, 2.24) is 20.4 Å². The summed E-state index contributed by atoms with van der Waals surface area (Å²) in [6, 6.07) is 4.72. The highest BCUT2D eigenvalue weighted by atomic mass is 35.5. The van der Waals surface area contributed by atoms with Crippen LogP contribution in [-0.4, -0.2) is 73.0 Å². The Morgan fingerprint density at radius 3 is 2.32 bits per heavy atom. The number of halogens is 2. The molecule has 2 atom stereocenters. The summed E-state index contributed by atoms with van der Waals surface area (Å²) in [5.74, 6) is 0.0161. The van der Waals surface area contributed by atoms with E-state index in [0.717, 1.165) is 58.4 Å². The molecule has 212 valence electrons. The van der Waals surface area contributed by atoms with Gasteiger partial charge in [0.25, 0.3) is 5.91 Å². The smallest absolute Gasteiger partial charge is 0.251 e. The fourth-order valence-electron chi connectivity index (χ4n) is 4.47. The summed E-state index contributed by atoms with van der Waals surface area (Å²) in [4.78, 5) is 30.3. The molecular weight excluding hydrogens is 507 g/mol. The van der Waals surface area contributed by atoms with Crippen molar-refractivity contribution in [3.63, 3.8) is 0 Å². The number of carbonyl (C=O) groups excluding carboxylic acids is 2. The highest BCUT2D eigenvalue weighted by molar-refractivity contribution is 6.42. The number of hydrogen-bond acceptors (Lipinski definition) is 4. The van der Waals surface area contributed by atoms with Gasteiger partial charge < -0.3 is 20.4 Å². The Morgan fingerprint density at radius 2 is 1.70 bits per heavy atom. The van der Waals surface area contributed by atoms with E-state index in [4.69, 9.17) is 23.2 Å². The fourth-order valence-corrected chi connectivity index (χ4v) is 4.77. The standard InChI is InChI=1S/C24H36Cl2N4O2.C3H8.C2H6/c1-2-3-13-30-15-9-19(17-27-23(31)18-7-8-20(25)21(26)16-18)28-22(24(30)32)10-14-29-11-5-4-6-12-29;1-3-2;1-2/h7-8,16,19,22,28H,2-6,9-15,17H2,1H3,(H,27,31);3H2,1-2H3;1-2H3. The van der Waals surface area contributed by atoms with Crippen molar-refractivity contribution in [3.8, 4) is 0 Å². The number of unbranched alkanes of at least 4 members (excludes halogenated alkanes) is 1. The van der Waals surface area contributed by atoms with E-state index < -0.39 is 0 Å². The summed E-state index contributed by atoms with van der Waals surface area (Å²) in [6.07, 6.45) is 8.76. The van der Waals surface area contributed by atoms with Gasteiger partial charge in [0.15, 0.2) is 0 Å². The highest BCUT2D eigenvalue weighted by Crippen LogP contribution is 2.22. The molecule has 2 amide bonds. The third kappa shape index (κ3) is 12.4. The van der Waals surface area contributed by atoms with Crippen molar-refractivity contribution in [2.45, 2.75) is 98.1 Å².